The topological polar surface area (TPSA) is 110 Å². The molecule has 9 heteroatoms. The molecule has 2 aromatic carbocycles. The number of carbonyl (C=O) groups is 2. The molecule has 1 amide bonds. The van der Waals surface area contributed by atoms with Gasteiger partial charge in [0.2, 0.25) is 0 Å². The lowest BCUT2D eigenvalue weighted by Gasteiger charge is -2.27. The van der Waals surface area contributed by atoms with Crippen LogP contribution in [0, 0.1) is 15.9 Å². The third-order valence-corrected chi connectivity index (χ3v) is 5.48. The highest BCUT2D eigenvalue weighted by Crippen LogP contribution is 2.40. The van der Waals surface area contributed by atoms with Crippen molar-refractivity contribution in [3.05, 3.63) is 81.2 Å². The molecule has 0 saturated carbocycles. The molecule has 2 saturated heterocycles. The minimum atomic E-state index is -1.03. The van der Waals surface area contributed by atoms with E-state index in [1.165, 1.54) is 35.2 Å². The van der Waals surface area contributed by atoms with Gasteiger partial charge in [0.15, 0.2) is 0 Å². The van der Waals surface area contributed by atoms with E-state index >= 15 is 0 Å². The second-order valence-corrected chi connectivity index (χ2v) is 7.45. The Morgan fingerprint density at radius 3 is 2.61 bits per heavy atom. The number of amides is 1. The van der Waals surface area contributed by atoms with Crippen molar-refractivity contribution < 1.29 is 28.7 Å². The van der Waals surface area contributed by atoms with Crippen molar-refractivity contribution in [2.75, 3.05) is 13.2 Å². The predicted octanol–water partition coefficient (Wildman–Crippen LogP) is 3.33. The monoisotopic (exact) mass is 426 g/mol. The van der Waals surface area contributed by atoms with E-state index < -0.39 is 34.2 Å². The van der Waals surface area contributed by atoms with Gasteiger partial charge in [-0.15, -0.1) is 0 Å². The zero-order valence-corrected chi connectivity index (χ0v) is 16.4. The van der Waals surface area contributed by atoms with E-state index in [0.29, 0.717) is 18.6 Å². The van der Waals surface area contributed by atoms with Crippen LogP contribution in [0.2, 0.25) is 0 Å². The van der Waals surface area contributed by atoms with Crippen LogP contribution >= 0.6 is 0 Å². The van der Waals surface area contributed by atoms with Crippen LogP contribution in [0.5, 0.6) is 0 Å². The summed E-state index contributed by atoms with van der Waals surface area (Å²) in [4.78, 5) is 37.8. The summed E-state index contributed by atoms with van der Waals surface area (Å²) in [6.45, 7) is 0.657. The average molecular weight is 426 g/mol. The van der Waals surface area contributed by atoms with Crippen LogP contribution in [0.25, 0.3) is 5.76 Å². The number of Topliss-reactive ketones (excluding diaryl/α,β-unsaturated/α-hetero) is 1. The standard InChI is InChI=1S/C22H19FN2O6/c23-15-8-6-13(7-9-15)20(26)18-19(14-3-1-4-16(11-14)25(29)30)24(22(28)21(18)27)12-17-5-2-10-31-17/h1,3-4,6-9,11,17,19,26H,2,5,10,12H2/t17-,19-/m0/s1. The number of ether oxygens (including phenoxy) is 1. The van der Waals surface area contributed by atoms with E-state index in [0.717, 1.165) is 18.6 Å². The number of carbonyl (C=O) groups excluding carboxylic acids is 2. The molecule has 0 spiro atoms. The molecular weight excluding hydrogens is 407 g/mol. The number of likely N-dealkylation sites (tertiary alicyclic amines) is 1. The number of halogens is 1. The zero-order chi connectivity index (χ0) is 22.1. The number of nitro benzene ring substituents is 1. The van der Waals surface area contributed by atoms with Crippen LogP contribution in [-0.4, -0.2) is 45.9 Å². The van der Waals surface area contributed by atoms with Gasteiger partial charge in [-0.05, 0) is 42.7 Å². The fourth-order valence-electron chi connectivity index (χ4n) is 3.99. The molecule has 4 rings (SSSR count). The van der Waals surface area contributed by atoms with Crippen molar-refractivity contribution >= 4 is 23.1 Å². The van der Waals surface area contributed by atoms with Gasteiger partial charge < -0.3 is 14.7 Å². The van der Waals surface area contributed by atoms with Crippen molar-refractivity contribution in [1.82, 2.24) is 4.90 Å². The summed E-state index contributed by atoms with van der Waals surface area (Å²) in [7, 11) is 0. The second kappa shape index (κ2) is 8.27. The quantitative estimate of drug-likeness (QED) is 0.258. The molecule has 2 heterocycles. The highest BCUT2D eigenvalue weighted by molar-refractivity contribution is 6.46. The van der Waals surface area contributed by atoms with E-state index in [1.807, 2.05) is 0 Å². The van der Waals surface area contributed by atoms with Crippen LogP contribution in [0.15, 0.2) is 54.1 Å². The lowest BCUT2D eigenvalue weighted by atomic mass is 9.95. The van der Waals surface area contributed by atoms with Gasteiger partial charge in [0, 0.05) is 30.8 Å². The molecule has 0 unspecified atom stereocenters. The van der Waals surface area contributed by atoms with E-state index in [9.17, 15) is 29.2 Å². The number of hydrogen-bond acceptors (Lipinski definition) is 6. The van der Waals surface area contributed by atoms with Crippen molar-refractivity contribution in [3.8, 4) is 0 Å². The largest absolute Gasteiger partial charge is 0.507 e. The Kier molecular flexibility index (Phi) is 5.51. The van der Waals surface area contributed by atoms with Gasteiger partial charge >= 0.3 is 0 Å². The summed E-state index contributed by atoms with van der Waals surface area (Å²) in [5.41, 5.74) is 0.0686. The fourth-order valence-corrected chi connectivity index (χ4v) is 3.99. The van der Waals surface area contributed by atoms with Crippen molar-refractivity contribution in [2.45, 2.75) is 25.0 Å². The minimum absolute atomic E-state index is 0.109. The molecule has 2 aromatic rings. The lowest BCUT2D eigenvalue weighted by molar-refractivity contribution is -0.384. The maximum atomic E-state index is 13.3. The lowest BCUT2D eigenvalue weighted by Crippen LogP contribution is -2.36. The maximum absolute atomic E-state index is 13.3. The molecule has 0 aliphatic carbocycles. The first-order valence-corrected chi connectivity index (χ1v) is 9.77. The van der Waals surface area contributed by atoms with E-state index in [4.69, 9.17) is 4.74 Å². The number of nitro groups is 1. The van der Waals surface area contributed by atoms with Gasteiger partial charge in [0.25, 0.3) is 17.4 Å². The van der Waals surface area contributed by atoms with Gasteiger partial charge in [-0.3, -0.25) is 19.7 Å². The highest BCUT2D eigenvalue weighted by Gasteiger charge is 2.47. The molecule has 0 bridgehead atoms. The number of benzene rings is 2. The number of aliphatic hydroxyl groups excluding tert-OH is 1. The van der Waals surface area contributed by atoms with Gasteiger partial charge in [0.05, 0.1) is 22.6 Å². The van der Waals surface area contributed by atoms with Crippen LogP contribution in [0.3, 0.4) is 0 Å². The molecule has 0 aromatic heterocycles. The normalized spacial score (nSPS) is 22.8. The van der Waals surface area contributed by atoms with Gasteiger partial charge in [-0.25, -0.2) is 4.39 Å². The maximum Gasteiger partial charge on any atom is 0.295 e. The SMILES string of the molecule is O=C1C(=O)N(C[C@@H]2CCCO2)[C@@H](c2cccc([N+](=O)[O-])c2)C1=C(O)c1ccc(F)cc1. The Bertz CT molecular complexity index is 1080. The molecule has 2 atom stereocenters. The van der Waals surface area contributed by atoms with Gasteiger partial charge in [-0.2, -0.15) is 0 Å². The Balaban J connectivity index is 1.85. The smallest absolute Gasteiger partial charge is 0.295 e. The molecule has 8 nitrogen and oxygen atoms in total. The summed E-state index contributed by atoms with van der Waals surface area (Å²) in [6, 6.07) is 9.40. The first-order chi connectivity index (χ1) is 14.9. The minimum Gasteiger partial charge on any atom is -0.507 e. The number of non-ortho nitro benzene ring substituents is 1. The molecule has 2 fully saturated rings. The van der Waals surface area contributed by atoms with Gasteiger partial charge in [0.1, 0.15) is 11.6 Å². The van der Waals surface area contributed by atoms with Crippen LogP contribution < -0.4 is 0 Å². The molecule has 2 aliphatic rings. The van der Waals surface area contributed by atoms with Crippen molar-refractivity contribution in [3.63, 3.8) is 0 Å². The Hall–Kier alpha value is -3.59. The molecule has 1 N–H and O–H groups in total. The molecular formula is C22H19FN2O6. The van der Waals surface area contributed by atoms with E-state index in [1.54, 1.807) is 6.07 Å². The van der Waals surface area contributed by atoms with Crippen LogP contribution in [0.4, 0.5) is 10.1 Å². The molecule has 160 valence electrons. The van der Waals surface area contributed by atoms with Crippen molar-refractivity contribution in [1.29, 1.82) is 0 Å². The predicted molar refractivity (Wildman–Crippen MR) is 107 cm³/mol. The first kappa shape index (κ1) is 20.7. The number of ketones is 1. The summed E-state index contributed by atoms with van der Waals surface area (Å²) < 4.78 is 18.9. The molecule has 2 aliphatic heterocycles. The Morgan fingerprint density at radius 1 is 1.23 bits per heavy atom. The van der Waals surface area contributed by atoms with Crippen LogP contribution in [0.1, 0.15) is 30.0 Å². The third kappa shape index (κ3) is 3.91. The van der Waals surface area contributed by atoms with E-state index in [2.05, 4.69) is 0 Å². The van der Waals surface area contributed by atoms with Crippen molar-refractivity contribution in [2.24, 2.45) is 0 Å². The number of hydrogen-bond donors (Lipinski definition) is 1. The number of aliphatic hydroxyl groups is 1. The molecule has 0 radical (unpaired) electrons. The third-order valence-electron chi connectivity index (χ3n) is 5.48. The number of rotatable bonds is 5. The summed E-state index contributed by atoms with van der Waals surface area (Å²) in [5, 5.41) is 22.1. The number of nitrogens with zero attached hydrogens (tertiary/aromatic N) is 2. The summed E-state index contributed by atoms with van der Waals surface area (Å²) in [6.07, 6.45) is 1.26. The summed E-state index contributed by atoms with van der Waals surface area (Å²) >= 11 is 0. The second-order valence-electron chi connectivity index (χ2n) is 7.45. The first-order valence-electron chi connectivity index (χ1n) is 9.77. The average Bonchev–Trinajstić information content (AvgIpc) is 3.36. The van der Waals surface area contributed by atoms with Crippen LogP contribution in [-0.2, 0) is 14.3 Å². The zero-order valence-electron chi connectivity index (χ0n) is 16.4. The highest BCUT2D eigenvalue weighted by atomic mass is 19.1. The Morgan fingerprint density at radius 2 is 1.97 bits per heavy atom. The Labute approximate surface area is 176 Å². The molecule has 31 heavy (non-hydrogen) atoms. The van der Waals surface area contributed by atoms with Gasteiger partial charge in [-0.1, -0.05) is 12.1 Å². The van der Waals surface area contributed by atoms with E-state index in [-0.39, 0.29) is 29.5 Å². The summed E-state index contributed by atoms with van der Waals surface area (Å²) in [5.74, 6) is -2.72. The fraction of sp³-hybridized carbons (Fsp3) is 0.273.